The number of carbonyl (C=O) groups is 3. The molecule has 1 aromatic heterocycles. The number of nitrogens with zero attached hydrogens (tertiary/aromatic N) is 1. The number of hydrogen-bond donors (Lipinski definition) is 3. The van der Waals surface area contributed by atoms with Crippen molar-refractivity contribution in [3.05, 3.63) is 88.4 Å². The fraction of sp³-hybridized carbons (Fsp3) is 0.259. The molecule has 0 bridgehead atoms. The van der Waals surface area contributed by atoms with Crippen molar-refractivity contribution in [3.63, 3.8) is 0 Å². The van der Waals surface area contributed by atoms with E-state index in [4.69, 9.17) is 9.47 Å². The molecule has 0 fully saturated rings. The number of halogens is 3. The van der Waals surface area contributed by atoms with Crippen molar-refractivity contribution in [1.82, 2.24) is 5.32 Å². The van der Waals surface area contributed by atoms with E-state index in [-0.39, 0.29) is 24.9 Å². The van der Waals surface area contributed by atoms with E-state index in [9.17, 15) is 18.8 Å². The molecule has 3 N–H and O–H groups in total. The van der Waals surface area contributed by atoms with Gasteiger partial charge in [0.05, 0.1) is 11.1 Å². The van der Waals surface area contributed by atoms with Crippen LogP contribution in [0, 0.1) is 5.82 Å². The highest BCUT2D eigenvalue weighted by molar-refractivity contribution is 9.10. The lowest BCUT2D eigenvalue weighted by Crippen LogP contribution is -3.00. The Morgan fingerprint density at radius 2 is 1.62 bits per heavy atom. The molecule has 0 saturated carbocycles. The summed E-state index contributed by atoms with van der Waals surface area (Å²) < 4.78 is 25.9. The first-order valence-electron chi connectivity index (χ1n) is 12.0. The zero-order valence-electron chi connectivity index (χ0n) is 21.4. The summed E-state index contributed by atoms with van der Waals surface area (Å²) in [6, 6.07) is 14.2. The first-order chi connectivity index (χ1) is 18.2. The SMILES string of the molecule is CCC[n+]1cc(Br)cc(C(=O)Nc2ccc(CCOC(=O)NC(C)OC(=O)Nc3ccc(F)cc3)cc2)c1.[Cl-]. The Kier molecular flexibility index (Phi) is 12.6. The van der Waals surface area contributed by atoms with Crippen molar-refractivity contribution in [2.45, 2.75) is 39.5 Å². The predicted molar refractivity (Wildman–Crippen MR) is 143 cm³/mol. The summed E-state index contributed by atoms with van der Waals surface area (Å²) >= 11 is 3.44. The Labute approximate surface area is 240 Å². The van der Waals surface area contributed by atoms with Crippen molar-refractivity contribution in [1.29, 1.82) is 0 Å². The molecule has 208 valence electrons. The van der Waals surface area contributed by atoms with Gasteiger partial charge in [0, 0.05) is 24.2 Å². The van der Waals surface area contributed by atoms with Crippen molar-refractivity contribution >= 4 is 45.4 Å². The molecule has 3 aromatic rings. The second kappa shape index (κ2) is 15.6. The van der Waals surface area contributed by atoms with Crippen molar-refractivity contribution < 1.29 is 45.2 Å². The van der Waals surface area contributed by atoms with Gasteiger partial charge in [0.25, 0.3) is 5.91 Å². The largest absolute Gasteiger partial charge is 1.00 e. The lowest BCUT2D eigenvalue weighted by Gasteiger charge is -2.15. The lowest BCUT2D eigenvalue weighted by atomic mass is 10.1. The highest BCUT2D eigenvalue weighted by Crippen LogP contribution is 2.14. The van der Waals surface area contributed by atoms with Gasteiger partial charge < -0.3 is 27.2 Å². The molecule has 1 heterocycles. The smallest absolute Gasteiger partial charge is 0.413 e. The zero-order valence-corrected chi connectivity index (χ0v) is 23.7. The fourth-order valence-electron chi connectivity index (χ4n) is 3.41. The van der Waals surface area contributed by atoms with E-state index in [1.54, 1.807) is 18.2 Å². The number of alkyl carbamates (subject to hydrolysis) is 1. The number of pyridine rings is 1. The molecule has 1 atom stereocenters. The quantitative estimate of drug-likeness (QED) is 0.238. The van der Waals surface area contributed by atoms with Gasteiger partial charge in [-0.15, -0.1) is 0 Å². The van der Waals surface area contributed by atoms with Crippen LogP contribution in [0.5, 0.6) is 0 Å². The van der Waals surface area contributed by atoms with Gasteiger partial charge in [-0.2, -0.15) is 0 Å². The monoisotopic (exact) mass is 622 g/mol. The second-order valence-electron chi connectivity index (χ2n) is 8.34. The van der Waals surface area contributed by atoms with Crippen LogP contribution in [0.3, 0.4) is 0 Å². The molecule has 0 saturated heterocycles. The molecular weight excluding hydrogens is 595 g/mol. The van der Waals surface area contributed by atoms with Crippen molar-refractivity contribution in [2.24, 2.45) is 0 Å². The van der Waals surface area contributed by atoms with E-state index < -0.39 is 24.2 Å². The van der Waals surface area contributed by atoms with Gasteiger partial charge in [0.1, 0.15) is 17.9 Å². The summed E-state index contributed by atoms with van der Waals surface area (Å²) in [6.07, 6.45) is 2.64. The third-order valence-corrected chi connectivity index (χ3v) is 5.60. The van der Waals surface area contributed by atoms with Gasteiger partial charge in [-0.05, 0) is 70.9 Å². The summed E-state index contributed by atoms with van der Waals surface area (Å²) in [5.74, 6) is -0.646. The van der Waals surface area contributed by atoms with Crippen LogP contribution in [0.1, 0.15) is 36.2 Å². The van der Waals surface area contributed by atoms with Gasteiger partial charge in [-0.25, -0.2) is 18.5 Å². The molecule has 3 amide bonds. The fourth-order valence-corrected chi connectivity index (χ4v) is 3.92. The highest BCUT2D eigenvalue weighted by Gasteiger charge is 2.15. The average molecular weight is 624 g/mol. The summed E-state index contributed by atoms with van der Waals surface area (Å²) in [4.78, 5) is 36.5. The minimum atomic E-state index is -0.951. The first-order valence-corrected chi connectivity index (χ1v) is 12.8. The number of aryl methyl sites for hydroxylation is 1. The Balaban J connectivity index is 0.00000533. The Morgan fingerprint density at radius 1 is 0.974 bits per heavy atom. The normalized spacial score (nSPS) is 11.0. The topological polar surface area (TPSA) is 110 Å². The predicted octanol–water partition coefficient (Wildman–Crippen LogP) is 2.41. The summed E-state index contributed by atoms with van der Waals surface area (Å²) in [5.41, 5.74) is 2.44. The molecule has 0 radical (unpaired) electrons. The number of amides is 3. The maximum atomic E-state index is 12.9. The number of aromatic nitrogens is 1. The molecular formula is C27H29BrClFN4O5. The number of rotatable bonds is 10. The maximum Gasteiger partial charge on any atom is 0.413 e. The van der Waals surface area contributed by atoms with Crippen LogP contribution in [0.15, 0.2) is 71.5 Å². The van der Waals surface area contributed by atoms with Crippen LogP contribution in [0.25, 0.3) is 0 Å². The third-order valence-electron chi connectivity index (χ3n) is 5.16. The number of carbonyl (C=O) groups excluding carboxylic acids is 3. The van der Waals surface area contributed by atoms with Gasteiger partial charge in [-0.1, -0.05) is 19.1 Å². The van der Waals surface area contributed by atoms with E-state index >= 15 is 0 Å². The zero-order chi connectivity index (χ0) is 27.5. The van der Waals surface area contributed by atoms with E-state index in [1.807, 2.05) is 29.1 Å². The third kappa shape index (κ3) is 10.9. The average Bonchev–Trinajstić information content (AvgIpc) is 2.86. The first kappa shape index (κ1) is 31.5. The summed E-state index contributed by atoms with van der Waals surface area (Å²) in [5, 5.41) is 7.70. The molecule has 0 aliphatic heterocycles. The molecule has 1 unspecified atom stereocenters. The standard InChI is InChI=1S/C27H28BrFN4O5.ClH/c1-3-13-33-16-20(15-21(28)17-33)25(34)31-23-8-4-19(5-9-23)12-14-37-26(35)30-18(2)38-27(36)32-24-10-6-22(29)7-11-24;/h4-11,15-18H,3,12-14H2,1-2H3,(H2-,30,31,32,34,35,36);1H. The van der Waals surface area contributed by atoms with Crippen LogP contribution in [0.2, 0.25) is 0 Å². The van der Waals surface area contributed by atoms with E-state index in [0.29, 0.717) is 23.4 Å². The molecule has 12 heteroatoms. The lowest BCUT2D eigenvalue weighted by molar-refractivity contribution is -0.697. The van der Waals surface area contributed by atoms with Crippen LogP contribution in [0.4, 0.5) is 25.4 Å². The molecule has 3 rings (SSSR count). The van der Waals surface area contributed by atoms with E-state index in [1.165, 1.54) is 31.2 Å². The minimum absolute atomic E-state index is 0. The number of nitrogens with one attached hydrogen (secondary N) is 3. The number of hydrogen-bond acceptors (Lipinski definition) is 5. The van der Waals surface area contributed by atoms with Gasteiger partial charge >= 0.3 is 12.2 Å². The number of ether oxygens (including phenoxy) is 2. The van der Waals surface area contributed by atoms with E-state index in [0.717, 1.165) is 23.0 Å². The van der Waals surface area contributed by atoms with Crippen molar-refractivity contribution in [3.8, 4) is 0 Å². The van der Waals surface area contributed by atoms with Crippen molar-refractivity contribution in [2.75, 3.05) is 17.2 Å². The second-order valence-corrected chi connectivity index (χ2v) is 9.26. The number of anilines is 2. The summed E-state index contributed by atoms with van der Waals surface area (Å²) in [7, 11) is 0. The highest BCUT2D eigenvalue weighted by atomic mass is 79.9. The number of benzene rings is 2. The molecule has 9 nitrogen and oxygen atoms in total. The maximum absolute atomic E-state index is 12.9. The van der Waals surface area contributed by atoms with E-state index in [2.05, 4.69) is 38.8 Å². The van der Waals surface area contributed by atoms with Crippen LogP contribution in [-0.2, 0) is 22.4 Å². The molecule has 0 aliphatic carbocycles. The van der Waals surface area contributed by atoms with Gasteiger partial charge in [-0.3, -0.25) is 15.4 Å². The Hall–Kier alpha value is -3.70. The summed E-state index contributed by atoms with van der Waals surface area (Å²) in [6.45, 7) is 4.45. The Morgan fingerprint density at radius 3 is 2.28 bits per heavy atom. The van der Waals surface area contributed by atoms with Crippen LogP contribution in [-0.4, -0.2) is 30.9 Å². The molecule has 0 spiro atoms. The molecule has 2 aromatic carbocycles. The van der Waals surface area contributed by atoms with Crippen LogP contribution >= 0.6 is 15.9 Å². The van der Waals surface area contributed by atoms with Gasteiger partial charge in [0.15, 0.2) is 18.6 Å². The Bertz CT molecular complexity index is 1260. The molecule has 0 aliphatic rings. The minimum Gasteiger partial charge on any atom is -1.00 e. The van der Waals surface area contributed by atoms with Gasteiger partial charge in [0.2, 0.25) is 0 Å². The molecule has 39 heavy (non-hydrogen) atoms. The van der Waals surface area contributed by atoms with Crippen LogP contribution < -0.4 is 32.9 Å².